The van der Waals surface area contributed by atoms with Crippen molar-refractivity contribution >= 4 is 5.91 Å². The van der Waals surface area contributed by atoms with Crippen LogP contribution < -0.4 is 5.73 Å². The van der Waals surface area contributed by atoms with Gasteiger partial charge in [-0.05, 0) is 6.92 Å². The number of halogens is 2. The fourth-order valence-electron chi connectivity index (χ4n) is 1.18. The van der Waals surface area contributed by atoms with Gasteiger partial charge in [0.05, 0.1) is 5.92 Å². The predicted octanol–water partition coefficient (Wildman–Crippen LogP) is 0.447. The first kappa shape index (κ1) is 10.4. The standard InChI is InChI=1S/C8H14F2N2O/c1-5(8(2,9)10)7(13)12-3-6(11)4-12/h5-6H,3-4,11H2,1-2H3. The molecule has 1 saturated heterocycles. The van der Waals surface area contributed by atoms with Crippen LogP contribution in [0.3, 0.4) is 0 Å². The Bertz CT molecular complexity index is 209. The normalized spacial score (nSPS) is 21.2. The highest BCUT2D eigenvalue weighted by atomic mass is 19.3. The molecule has 0 spiro atoms. The summed E-state index contributed by atoms with van der Waals surface area (Å²) in [6.45, 7) is 2.81. The molecule has 0 aromatic carbocycles. The van der Waals surface area contributed by atoms with E-state index in [1.54, 1.807) is 0 Å². The van der Waals surface area contributed by atoms with Crippen LogP contribution in [0.15, 0.2) is 0 Å². The van der Waals surface area contributed by atoms with Gasteiger partial charge < -0.3 is 10.6 Å². The van der Waals surface area contributed by atoms with Crippen molar-refractivity contribution in [1.82, 2.24) is 4.90 Å². The highest BCUT2D eigenvalue weighted by Crippen LogP contribution is 2.26. The van der Waals surface area contributed by atoms with Crippen LogP contribution in [0.1, 0.15) is 13.8 Å². The summed E-state index contributed by atoms with van der Waals surface area (Å²) in [4.78, 5) is 12.7. The Morgan fingerprint density at radius 2 is 2.08 bits per heavy atom. The molecule has 0 radical (unpaired) electrons. The van der Waals surface area contributed by atoms with Gasteiger partial charge in [0.25, 0.3) is 5.92 Å². The van der Waals surface area contributed by atoms with Crippen LogP contribution in [0.25, 0.3) is 0 Å². The van der Waals surface area contributed by atoms with E-state index in [9.17, 15) is 13.6 Å². The fraction of sp³-hybridized carbons (Fsp3) is 0.875. The summed E-state index contributed by atoms with van der Waals surface area (Å²) in [5.41, 5.74) is 5.43. The zero-order valence-corrected chi connectivity index (χ0v) is 7.76. The number of rotatable bonds is 2. The smallest absolute Gasteiger partial charge is 0.256 e. The highest BCUT2D eigenvalue weighted by Gasteiger charge is 2.40. The van der Waals surface area contributed by atoms with E-state index in [1.807, 2.05) is 0 Å². The van der Waals surface area contributed by atoms with Crippen LogP contribution in [-0.4, -0.2) is 35.9 Å². The first-order valence-corrected chi connectivity index (χ1v) is 4.24. The van der Waals surface area contributed by atoms with Gasteiger partial charge in [-0.15, -0.1) is 0 Å². The Hall–Kier alpha value is -0.710. The molecule has 1 atom stereocenters. The third-order valence-corrected chi connectivity index (χ3v) is 2.35. The monoisotopic (exact) mass is 192 g/mol. The fourth-order valence-corrected chi connectivity index (χ4v) is 1.18. The maximum atomic E-state index is 12.7. The molecule has 1 aliphatic heterocycles. The molecule has 3 nitrogen and oxygen atoms in total. The summed E-state index contributed by atoms with van der Waals surface area (Å²) in [7, 11) is 0. The molecule has 1 amide bonds. The van der Waals surface area contributed by atoms with Crippen molar-refractivity contribution < 1.29 is 13.6 Å². The van der Waals surface area contributed by atoms with Gasteiger partial charge in [-0.3, -0.25) is 4.79 Å². The lowest BCUT2D eigenvalue weighted by Crippen LogP contribution is -2.60. The predicted molar refractivity (Wildman–Crippen MR) is 44.3 cm³/mol. The molecule has 1 aliphatic rings. The van der Waals surface area contributed by atoms with Gasteiger partial charge in [0.2, 0.25) is 5.91 Å². The Balaban J connectivity index is 2.49. The van der Waals surface area contributed by atoms with Crippen molar-refractivity contribution in [2.24, 2.45) is 11.7 Å². The molecule has 76 valence electrons. The van der Waals surface area contributed by atoms with E-state index in [4.69, 9.17) is 5.73 Å². The van der Waals surface area contributed by atoms with Crippen molar-refractivity contribution in [2.75, 3.05) is 13.1 Å². The summed E-state index contributed by atoms with van der Waals surface area (Å²) >= 11 is 0. The van der Waals surface area contributed by atoms with Gasteiger partial charge in [-0.1, -0.05) is 0 Å². The number of hydrogen-bond donors (Lipinski definition) is 1. The number of hydrogen-bond acceptors (Lipinski definition) is 2. The van der Waals surface area contributed by atoms with Gasteiger partial charge in [0, 0.05) is 26.1 Å². The Labute approximate surface area is 75.9 Å². The van der Waals surface area contributed by atoms with Crippen molar-refractivity contribution in [3.05, 3.63) is 0 Å². The van der Waals surface area contributed by atoms with E-state index in [-0.39, 0.29) is 6.04 Å². The zero-order chi connectivity index (χ0) is 10.2. The molecular formula is C8H14F2N2O. The second-order valence-electron chi connectivity index (χ2n) is 3.68. The largest absolute Gasteiger partial charge is 0.339 e. The Kier molecular flexibility index (Phi) is 2.56. The third kappa shape index (κ3) is 2.15. The van der Waals surface area contributed by atoms with E-state index in [0.29, 0.717) is 13.1 Å². The lowest BCUT2D eigenvalue weighted by Gasteiger charge is -2.39. The van der Waals surface area contributed by atoms with Crippen LogP contribution in [0.5, 0.6) is 0 Å². The Morgan fingerprint density at radius 1 is 1.62 bits per heavy atom. The maximum Gasteiger partial charge on any atom is 0.256 e. The molecule has 5 heteroatoms. The number of alkyl halides is 2. The van der Waals surface area contributed by atoms with Gasteiger partial charge in [0.15, 0.2) is 0 Å². The molecule has 0 aromatic heterocycles. The molecule has 0 aliphatic carbocycles. The van der Waals surface area contributed by atoms with Crippen molar-refractivity contribution in [2.45, 2.75) is 25.8 Å². The van der Waals surface area contributed by atoms with Gasteiger partial charge in [-0.2, -0.15) is 0 Å². The number of likely N-dealkylation sites (tertiary alicyclic amines) is 1. The van der Waals surface area contributed by atoms with E-state index < -0.39 is 17.7 Å². The minimum Gasteiger partial charge on any atom is -0.339 e. The first-order valence-electron chi connectivity index (χ1n) is 4.24. The van der Waals surface area contributed by atoms with Gasteiger partial charge >= 0.3 is 0 Å². The van der Waals surface area contributed by atoms with Crippen LogP contribution >= 0.6 is 0 Å². The van der Waals surface area contributed by atoms with Crippen LogP contribution in [0.2, 0.25) is 0 Å². The molecule has 1 unspecified atom stereocenters. The molecule has 13 heavy (non-hydrogen) atoms. The number of amides is 1. The molecular weight excluding hydrogens is 178 g/mol. The number of nitrogens with zero attached hydrogens (tertiary/aromatic N) is 1. The SMILES string of the molecule is CC(C(=O)N1CC(N)C1)C(C)(F)F. The second-order valence-corrected chi connectivity index (χ2v) is 3.68. The van der Waals surface area contributed by atoms with Crippen LogP contribution in [0, 0.1) is 5.92 Å². The highest BCUT2D eigenvalue weighted by molar-refractivity contribution is 5.80. The zero-order valence-electron chi connectivity index (χ0n) is 7.76. The van der Waals surface area contributed by atoms with E-state index in [1.165, 1.54) is 11.8 Å². The average Bonchev–Trinajstić information content (AvgIpc) is 1.94. The molecule has 1 fully saturated rings. The number of carbonyl (C=O) groups is 1. The number of carbonyl (C=O) groups excluding carboxylic acids is 1. The summed E-state index contributed by atoms with van der Waals surface area (Å²) in [6, 6.07) is -0.0402. The van der Waals surface area contributed by atoms with E-state index in [0.717, 1.165) is 6.92 Å². The lowest BCUT2D eigenvalue weighted by atomic mass is 10.0. The summed E-state index contributed by atoms with van der Waals surface area (Å²) in [6.07, 6.45) is 0. The van der Waals surface area contributed by atoms with Crippen molar-refractivity contribution in [3.8, 4) is 0 Å². The minimum absolute atomic E-state index is 0.0402. The van der Waals surface area contributed by atoms with Crippen LogP contribution in [0.4, 0.5) is 8.78 Å². The average molecular weight is 192 g/mol. The van der Waals surface area contributed by atoms with Gasteiger partial charge in [-0.25, -0.2) is 8.78 Å². The van der Waals surface area contributed by atoms with E-state index >= 15 is 0 Å². The Morgan fingerprint density at radius 3 is 2.38 bits per heavy atom. The molecule has 1 rings (SSSR count). The van der Waals surface area contributed by atoms with Gasteiger partial charge in [0.1, 0.15) is 0 Å². The number of nitrogens with two attached hydrogens (primary N) is 1. The molecule has 0 bridgehead atoms. The second kappa shape index (κ2) is 3.21. The third-order valence-electron chi connectivity index (χ3n) is 2.35. The van der Waals surface area contributed by atoms with Crippen molar-refractivity contribution in [1.29, 1.82) is 0 Å². The molecule has 0 saturated carbocycles. The summed E-state index contributed by atoms with van der Waals surface area (Å²) in [5.74, 6) is -4.70. The first-order chi connectivity index (χ1) is 5.82. The molecule has 1 heterocycles. The topological polar surface area (TPSA) is 46.3 Å². The van der Waals surface area contributed by atoms with Crippen molar-refractivity contribution in [3.63, 3.8) is 0 Å². The minimum atomic E-state index is -2.95. The summed E-state index contributed by atoms with van der Waals surface area (Å²) < 4.78 is 25.4. The quantitative estimate of drug-likeness (QED) is 0.690. The van der Waals surface area contributed by atoms with Crippen LogP contribution in [-0.2, 0) is 4.79 Å². The lowest BCUT2D eigenvalue weighted by molar-refractivity contribution is -0.151. The molecule has 0 aromatic rings. The van der Waals surface area contributed by atoms with E-state index in [2.05, 4.69) is 0 Å². The summed E-state index contributed by atoms with van der Waals surface area (Å²) in [5, 5.41) is 0. The molecule has 2 N–H and O–H groups in total. The maximum absolute atomic E-state index is 12.7.